The Hall–Kier alpha value is -0.750. The van der Waals surface area contributed by atoms with Crippen LogP contribution in [-0.4, -0.2) is 21.8 Å². The van der Waals surface area contributed by atoms with Gasteiger partial charge in [-0.15, -0.1) is 11.6 Å². The summed E-state index contributed by atoms with van der Waals surface area (Å²) < 4.78 is 12.9. The standard InChI is InChI=1S/C6H4BrClFN3O/c7-3-2-10-6(9)12-5(3)11-4(13)1-8/h2H,1H2,(H,10,11,12,13). The zero-order valence-electron chi connectivity index (χ0n) is 6.22. The molecule has 0 saturated carbocycles. The van der Waals surface area contributed by atoms with Crippen LogP contribution in [0.25, 0.3) is 0 Å². The average Bonchev–Trinajstić information content (AvgIpc) is 2.11. The fourth-order valence-corrected chi connectivity index (χ4v) is 0.956. The number of alkyl halides is 1. The highest BCUT2D eigenvalue weighted by Gasteiger charge is 2.07. The molecule has 0 unspecified atom stereocenters. The Labute approximate surface area is 86.6 Å². The monoisotopic (exact) mass is 267 g/mol. The first-order valence-electron chi connectivity index (χ1n) is 3.17. The first kappa shape index (κ1) is 10.3. The lowest BCUT2D eigenvalue weighted by atomic mass is 10.5. The number of rotatable bonds is 2. The molecular weight excluding hydrogens is 264 g/mol. The third-order valence-electron chi connectivity index (χ3n) is 1.09. The predicted molar refractivity (Wildman–Crippen MR) is 49.0 cm³/mol. The van der Waals surface area contributed by atoms with E-state index in [-0.39, 0.29) is 11.7 Å². The maximum absolute atomic E-state index is 12.5. The molecule has 0 fully saturated rings. The van der Waals surface area contributed by atoms with Gasteiger partial charge < -0.3 is 5.32 Å². The lowest BCUT2D eigenvalue weighted by molar-refractivity contribution is -0.113. The zero-order valence-corrected chi connectivity index (χ0v) is 8.56. The molecule has 1 heterocycles. The summed E-state index contributed by atoms with van der Waals surface area (Å²) in [4.78, 5) is 17.4. The van der Waals surface area contributed by atoms with Crippen molar-refractivity contribution in [3.63, 3.8) is 0 Å². The first-order valence-corrected chi connectivity index (χ1v) is 4.50. The summed E-state index contributed by atoms with van der Waals surface area (Å²) in [6.07, 6.45) is 0.291. The molecule has 0 saturated heterocycles. The highest BCUT2D eigenvalue weighted by molar-refractivity contribution is 9.10. The van der Waals surface area contributed by atoms with Crippen LogP contribution in [0, 0.1) is 6.08 Å². The van der Waals surface area contributed by atoms with Crippen molar-refractivity contribution in [1.29, 1.82) is 0 Å². The normalized spacial score (nSPS) is 9.77. The molecule has 1 rings (SSSR count). The van der Waals surface area contributed by atoms with Gasteiger partial charge in [0.05, 0.1) is 4.47 Å². The van der Waals surface area contributed by atoms with Crippen LogP contribution in [0.15, 0.2) is 10.7 Å². The molecule has 7 heteroatoms. The molecule has 1 aromatic rings. The fraction of sp³-hybridized carbons (Fsp3) is 0.167. The molecule has 1 amide bonds. The summed E-state index contributed by atoms with van der Waals surface area (Å²) in [5, 5.41) is 2.29. The summed E-state index contributed by atoms with van der Waals surface area (Å²) in [5.41, 5.74) is 0. The number of amides is 1. The Balaban J connectivity index is 2.87. The van der Waals surface area contributed by atoms with Crippen LogP contribution >= 0.6 is 27.5 Å². The number of carbonyl (C=O) groups is 1. The summed E-state index contributed by atoms with van der Waals surface area (Å²) in [5.74, 6) is -0.600. The van der Waals surface area contributed by atoms with E-state index in [1.807, 2.05) is 0 Å². The Kier molecular flexibility index (Phi) is 3.56. The highest BCUT2D eigenvalue weighted by atomic mass is 79.9. The van der Waals surface area contributed by atoms with Gasteiger partial charge in [0.25, 0.3) is 0 Å². The fourth-order valence-electron chi connectivity index (χ4n) is 0.599. The van der Waals surface area contributed by atoms with Crippen molar-refractivity contribution in [2.24, 2.45) is 0 Å². The Morgan fingerprint density at radius 2 is 2.46 bits per heavy atom. The van der Waals surface area contributed by atoms with Gasteiger partial charge in [0.15, 0.2) is 5.82 Å². The number of aromatic nitrogens is 2. The highest BCUT2D eigenvalue weighted by Crippen LogP contribution is 2.17. The van der Waals surface area contributed by atoms with Crippen molar-refractivity contribution in [2.45, 2.75) is 0 Å². The van der Waals surface area contributed by atoms with Gasteiger partial charge in [-0.05, 0) is 15.9 Å². The van der Waals surface area contributed by atoms with Crippen molar-refractivity contribution in [3.05, 3.63) is 16.7 Å². The van der Waals surface area contributed by atoms with Crippen LogP contribution in [0.1, 0.15) is 0 Å². The maximum Gasteiger partial charge on any atom is 0.310 e. The van der Waals surface area contributed by atoms with Crippen LogP contribution in [-0.2, 0) is 4.79 Å². The lowest BCUT2D eigenvalue weighted by Gasteiger charge is -2.02. The summed E-state index contributed by atoms with van der Waals surface area (Å²) in [6.45, 7) is 0. The van der Waals surface area contributed by atoms with Gasteiger partial charge >= 0.3 is 6.08 Å². The van der Waals surface area contributed by atoms with E-state index in [0.717, 1.165) is 0 Å². The van der Waals surface area contributed by atoms with Gasteiger partial charge in [-0.1, -0.05) is 0 Å². The molecule has 0 atom stereocenters. The van der Waals surface area contributed by atoms with Gasteiger partial charge in [-0.2, -0.15) is 9.37 Å². The maximum atomic E-state index is 12.5. The molecule has 1 N–H and O–H groups in total. The number of carbonyl (C=O) groups excluding carboxylic acids is 1. The number of nitrogens with one attached hydrogen (secondary N) is 1. The van der Waals surface area contributed by atoms with E-state index in [2.05, 4.69) is 31.2 Å². The van der Waals surface area contributed by atoms with Gasteiger partial charge in [-0.25, -0.2) is 4.98 Å². The van der Waals surface area contributed by atoms with Crippen LogP contribution in [0.4, 0.5) is 10.2 Å². The lowest BCUT2D eigenvalue weighted by Crippen LogP contribution is -2.14. The Morgan fingerprint density at radius 3 is 3.08 bits per heavy atom. The Bertz CT molecular complexity index is 336. The second-order valence-electron chi connectivity index (χ2n) is 2.02. The molecule has 0 aromatic carbocycles. The summed E-state index contributed by atoms with van der Waals surface area (Å²) >= 11 is 8.27. The second-order valence-corrected chi connectivity index (χ2v) is 3.14. The third kappa shape index (κ3) is 2.89. The van der Waals surface area contributed by atoms with Crippen molar-refractivity contribution in [1.82, 2.24) is 9.97 Å². The molecule has 70 valence electrons. The molecule has 0 radical (unpaired) electrons. The molecule has 0 aliphatic heterocycles. The van der Waals surface area contributed by atoms with Crippen LogP contribution in [0.2, 0.25) is 0 Å². The topological polar surface area (TPSA) is 54.9 Å². The van der Waals surface area contributed by atoms with Crippen molar-refractivity contribution in [2.75, 3.05) is 11.2 Å². The van der Waals surface area contributed by atoms with E-state index < -0.39 is 12.0 Å². The number of hydrogen-bond acceptors (Lipinski definition) is 3. The minimum atomic E-state index is -0.909. The smallest absolute Gasteiger partial charge is 0.309 e. The largest absolute Gasteiger partial charge is 0.310 e. The second kappa shape index (κ2) is 4.48. The van der Waals surface area contributed by atoms with Crippen molar-refractivity contribution in [3.8, 4) is 0 Å². The Morgan fingerprint density at radius 1 is 1.77 bits per heavy atom. The minimum absolute atomic E-state index is 0.0677. The van der Waals surface area contributed by atoms with E-state index >= 15 is 0 Å². The molecule has 0 bridgehead atoms. The molecule has 0 spiro atoms. The first-order chi connectivity index (χ1) is 6.13. The summed E-state index contributed by atoms with van der Waals surface area (Å²) in [7, 11) is 0. The molecule has 4 nitrogen and oxygen atoms in total. The quantitative estimate of drug-likeness (QED) is 0.654. The van der Waals surface area contributed by atoms with Gasteiger partial charge in [-0.3, -0.25) is 4.79 Å². The van der Waals surface area contributed by atoms with E-state index in [4.69, 9.17) is 11.6 Å². The SMILES string of the molecule is O=C(CCl)Nc1nc(F)ncc1Br. The predicted octanol–water partition coefficient (Wildman–Crippen LogP) is 1.56. The third-order valence-corrected chi connectivity index (χ3v) is 1.92. The van der Waals surface area contributed by atoms with E-state index in [1.165, 1.54) is 6.20 Å². The number of hydrogen-bond donors (Lipinski definition) is 1. The molecule has 1 aromatic heterocycles. The van der Waals surface area contributed by atoms with Gasteiger partial charge in [0, 0.05) is 6.20 Å². The number of nitrogens with zero attached hydrogens (tertiary/aromatic N) is 2. The van der Waals surface area contributed by atoms with E-state index in [0.29, 0.717) is 4.47 Å². The van der Waals surface area contributed by atoms with Crippen molar-refractivity contribution < 1.29 is 9.18 Å². The molecule has 0 aliphatic rings. The van der Waals surface area contributed by atoms with Crippen LogP contribution in [0.3, 0.4) is 0 Å². The van der Waals surface area contributed by atoms with E-state index in [1.54, 1.807) is 0 Å². The van der Waals surface area contributed by atoms with Gasteiger partial charge in [0.1, 0.15) is 5.88 Å². The van der Waals surface area contributed by atoms with Crippen molar-refractivity contribution >= 4 is 39.3 Å². The average molecular weight is 268 g/mol. The van der Waals surface area contributed by atoms with Crippen LogP contribution < -0.4 is 5.32 Å². The zero-order chi connectivity index (χ0) is 9.84. The minimum Gasteiger partial charge on any atom is -0.309 e. The summed E-state index contributed by atoms with van der Waals surface area (Å²) in [6, 6.07) is 0. The van der Waals surface area contributed by atoms with Gasteiger partial charge in [0.2, 0.25) is 5.91 Å². The molecule has 13 heavy (non-hydrogen) atoms. The molecule has 0 aliphatic carbocycles. The van der Waals surface area contributed by atoms with E-state index in [9.17, 15) is 9.18 Å². The molecular formula is C6H4BrClFN3O. The van der Waals surface area contributed by atoms with Crippen LogP contribution in [0.5, 0.6) is 0 Å². The number of halogens is 3. The number of anilines is 1.